The molecule has 1 aromatic heterocycles. The van der Waals surface area contributed by atoms with Gasteiger partial charge in [-0.05, 0) is 45.1 Å². The lowest BCUT2D eigenvalue weighted by molar-refractivity contribution is -0.113. The Labute approximate surface area is 153 Å². The first-order chi connectivity index (χ1) is 12.2. The third-order valence-electron chi connectivity index (χ3n) is 4.37. The molecule has 2 heterocycles. The van der Waals surface area contributed by atoms with Crippen LogP contribution in [-0.2, 0) is 4.79 Å². The minimum Gasteiger partial charge on any atom is -0.323 e. The minimum absolute atomic E-state index is 0.132. The first-order valence-corrected chi connectivity index (χ1v) is 9.06. The molecule has 1 N–H and O–H groups in total. The molecule has 0 saturated carbocycles. The molecule has 0 aliphatic carbocycles. The predicted octanol–water partition coefficient (Wildman–Crippen LogP) is 2.58. The number of benzene rings is 1. The molecule has 1 aliphatic rings. The Balaban J connectivity index is 1.85. The van der Waals surface area contributed by atoms with E-state index in [2.05, 4.69) is 56.9 Å². The summed E-state index contributed by atoms with van der Waals surface area (Å²) in [5.41, 5.74) is 1.67. The Morgan fingerprint density at radius 1 is 1.24 bits per heavy atom. The topological polar surface area (TPSA) is 61.4 Å². The molecule has 6 nitrogen and oxygen atoms in total. The molecule has 1 amide bonds. The molecule has 0 atom stereocenters. The van der Waals surface area contributed by atoms with E-state index in [0.29, 0.717) is 17.7 Å². The van der Waals surface area contributed by atoms with E-state index in [4.69, 9.17) is 0 Å². The summed E-state index contributed by atoms with van der Waals surface area (Å²) in [4.78, 5) is 25.0. The predicted molar refractivity (Wildman–Crippen MR) is 104 cm³/mol. The van der Waals surface area contributed by atoms with Crippen molar-refractivity contribution in [1.82, 2.24) is 14.9 Å². The van der Waals surface area contributed by atoms with Crippen LogP contribution in [0.1, 0.15) is 12.8 Å². The molecule has 0 unspecified atom stereocenters. The van der Waals surface area contributed by atoms with E-state index in [9.17, 15) is 4.79 Å². The van der Waals surface area contributed by atoms with Crippen LogP contribution in [0.3, 0.4) is 0 Å². The van der Waals surface area contributed by atoms with Crippen molar-refractivity contribution in [3.63, 3.8) is 0 Å². The molecule has 25 heavy (non-hydrogen) atoms. The zero-order chi connectivity index (χ0) is 17.6. The van der Waals surface area contributed by atoms with E-state index >= 15 is 0 Å². The Kier molecular flexibility index (Phi) is 5.88. The molecule has 7 heteroatoms. The van der Waals surface area contributed by atoms with E-state index in [1.165, 1.54) is 0 Å². The standard InChI is InChI=1S/C18H23N5OS/c1-22-9-7-16(8-10-22)23(15-5-3-2-4-6-15)18-19-11-14(12-20-18)21-17(24)13-25/h2-6,11-12,16,25H,7-10,13H2,1H3,(H,21,24). The monoisotopic (exact) mass is 357 g/mol. The highest BCUT2D eigenvalue weighted by Crippen LogP contribution is 2.29. The molecular weight excluding hydrogens is 334 g/mol. The largest absolute Gasteiger partial charge is 0.323 e. The van der Waals surface area contributed by atoms with Crippen LogP contribution in [0.4, 0.5) is 17.3 Å². The van der Waals surface area contributed by atoms with Crippen LogP contribution in [0.25, 0.3) is 0 Å². The number of rotatable bonds is 5. The molecule has 132 valence electrons. The number of anilines is 3. The van der Waals surface area contributed by atoms with Crippen molar-refractivity contribution in [2.45, 2.75) is 18.9 Å². The van der Waals surface area contributed by atoms with Crippen molar-refractivity contribution in [2.75, 3.05) is 36.1 Å². The van der Waals surface area contributed by atoms with E-state index in [0.717, 1.165) is 31.6 Å². The fraction of sp³-hybridized carbons (Fsp3) is 0.389. The molecular formula is C18H23N5OS. The van der Waals surface area contributed by atoms with Gasteiger partial charge in [0.1, 0.15) is 0 Å². The van der Waals surface area contributed by atoms with E-state index in [-0.39, 0.29) is 11.7 Å². The summed E-state index contributed by atoms with van der Waals surface area (Å²) in [6.07, 6.45) is 5.42. The van der Waals surface area contributed by atoms with E-state index < -0.39 is 0 Å². The Morgan fingerprint density at radius 2 is 1.88 bits per heavy atom. The maximum atomic E-state index is 11.4. The van der Waals surface area contributed by atoms with Crippen molar-refractivity contribution in [3.8, 4) is 0 Å². The number of carbonyl (C=O) groups excluding carboxylic acids is 1. The van der Waals surface area contributed by atoms with Gasteiger partial charge >= 0.3 is 0 Å². The number of thiol groups is 1. The quantitative estimate of drug-likeness (QED) is 0.806. The van der Waals surface area contributed by atoms with Crippen LogP contribution in [0, 0.1) is 0 Å². The fourth-order valence-corrected chi connectivity index (χ4v) is 3.12. The molecule has 0 bridgehead atoms. The molecule has 2 aromatic rings. The Bertz CT molecular complexity index is 686. The number of aromatic nitrogens is 2. The average Bonchev–Trinajstić information content (AvgIpc) is 2.66. The van der Waals surface area contributed by atoms with E-state index in [1.54, 1.807) is 12.4 Å². The van der Waals surface area contributed by atoms with Crippen molar-refractivity contribution in [1.29, 1.82) is 0 Å². The van der Waals surface area contributed by atoms with Gasteiger partial charge in [0.15, 0.2) is 0 Å². The summed E-state index contributed by atoms with van der Waals surface area (Å²) in [5.74, 6) is 0.618. The lowest BCUT2D eigenvalue weighted by Gasteiger charge is -2.37. The van der Waals surface area contributed by atoms with Crippen LogP contribution in [0.5, 0.6) is 0 Å². The highest BCUT2D eigenvalue weighted by atomic mass is 32.1. The van der Waals surface area contributed by atoms with Crippen LogP contribution in [0.15, 0.2) is 42.7 Å². The van der Waals surface area contributed by atoms with Crippen molar-refractivity contribution < 1.29 is 4.79 Å². The van der Waals surface area contributed by atoms with Crippen LogP contribution in [-0.4, -0.2) is 52.7 Å². The SMILES string of the molecule is CN1CCC(N(c2ccccc2)c2ncc(NC(=O)CS)cn2)CC1. The van der Waals surface area contributed by atoms with Gasteiger partial charge in [-0.15, -0.1) is 0 Å². The van der Waals surface area contributed by atoms with E-state index in [1.807, 2.05) is 18.2 Å². The maximum Gasteiger partial charge on any atom is 0.234 e. The fourth-order valence-electron chi connectivity index (χ4n) is 3.04. The van der Waals surface area contributed by atoms with Gasteiger partial charge in [0.25, 0.3) is 0 Å². The zero-order valence-corrected chi connectivity index (χ0v) is 15.2. The molecule has 0 spiro atoms. The first-order valence-electron chi connectivity index (χ1n) is 8.43. The van der Waals surface area contributed by atoms with Gasteiger partial charge in [0.2, 0.25) is 11.9 Å². The van der Waals surface area contributed by atoms with Gasteiger partial charge in [0, 0.05) is 11.7 Å². The minimum atomic E-state index is -0.171. The van der Waals surface area contributed by atoms with Gasteiger partial charge in [-0.2, -0.15) is 12.6 Å². The molecule has 1 saturated heterocycles. The average molecular weight is 357 g/mol. The van der Waals surface area contributed by atoms with Gasteiger partial charge in [0.05, 0.1) is 23.8 Å². The number of likely N-dealkylation sites (tertiary alicyclic amines) is 1. The molecule has 1 aliphatic heterocycles. The van der Waals surface area contributed by atoms with Crippen LogP contribution >= 0.6 is 12.6 Å². The van der Waals surface area contributed by atoms with Crippen molar-refractivity contribution in [3.05, 3.63) is 42.7 Å². The highest BCUT2D eigenvalue weighted by Gasteiger charge is 2.26. The first kappa shape index (κ1) is 17.7. The molecule has 3 rings (SSSR count). The van der Waals surface area contributed by atoms with Gasteiger partial charge < -0.3 is 15.1 Å². The molecule has 0 radical (unpaired) electrons. The summed E-state index contributed by atoms with van der Waals surface area (Å²) < 4.78 is 0. The number of nitrogens with one attached hydrogen (secondary N) is 1. The molecule has 1 aromatic carbocycles. The zero-order valence-electron chi connectivity index (χ0n) is 14.3. The van der Waals surface area contributed by atoms with Crippen LogP contribution < -0.4 is 10.2 Å². The normalized spacial score (nSPS) is 15.8. The summed E-state index contributed by atoms with van der Waals surface area (Å²) in [6.45, 7) is 2.12. The number of hydrogen-bond donors (Lipinski definition) is 2. The van der Waals surface area contributed by atoms with Gasteiger partial charge in [-0.3, -0.25) is 4.79 Å². The Morgan fingerprint density at radius 3 is 2.48 bits per heavy atom. The van der Waals surface area contributed by atoms with Gasteiger partial charge in [-0.1, -0.05) is 18.2 Å². The number of piperidine rings is 1. The second-order valence-electron chi connectivity index (χ2n) is 6.22. The second-order valence-corrected chi connectivity index (χ2v) is 6.53. The third kappa shape index (κ3) is 4.49. The van der Waals surface area contributed by atoms with Crippen molar-refractivity contribution in [2.24, 2.45) is 0 Å². The van der Waals surface area contributed by atoms with Crippen molar-refractivity contribution >= 4 is 35.9 Å². The summed E-state index contributed by atoms with van der Waals surface area (Å²) >= 11 is 3.96. The highest BCUT2D eigenvalue weighted by molar-refractivity contribution is 7.81. The molecule has 1 fully saturated rings. The third-order valence-corrected chi connectivity index (χ3v) is 4.66. The smallest absolute Gasteiger partial charge is 0.234 e. The maximum absolute atomic E-state index is 11.4. The number of nitrogens with zero attached hydrogens (tertiary/aromatic N) is 4. The summed E-state index contributed by atoms with van der Waals surface area (Å²) in [6, 6.07) is 10.6. The van der Waals surface area contributed by atoms with Gasteiger partial charge in [-0.25, -0.2) is 9.97 Å². The number of hydrogen-bond acceptors (Lipinski definition) is 6. The second kappa shape index (κ2) is 8.31. The lowest BCUT2D eigenvalue weighted by atomic mass is 10.0. The lowest BCUT2D eigenvalue weighted by Crippen LogP contribution is -2.42. The number of carbonyl (C=O) groups is 1. The number of amides is 1. The van der Waals surface area contributed by atoms with Crippen LogP contribution in [0.2, 0.25) is 0 Å². The Hall–Kier alpha value is -2.12. The summed E-state index contributed by atoms with van der Waals surface area (Å²) in [7, 11) is 2.15. The number of para-hydroxylation sites is 1. The summed E-state index contributed by atoms with van der Waals surface area (Å²) in [5, 5.41) is 2.72.